The molecule has 0 radical (unpaired) electrons. The molecule has 0 saturated heterocycles. The molecule has 0 bridgehead atoms. The highest BCUT2D eigenvalue weighted by atomic mass is 16.5. The van der Waals surface area contributed by atoms with Gasteiger partial charge in [0.15, 0.2) is 0 Å². The van der Waals surface area contributed by atoms with Crippen molar-refractivity contribution >= 4 is 18.2 Å². The Hall–Kier alpha value is -3.94. The summed E-state index contributed by atoms with van der Waals surface area (Å²) < 4.78 is 5.25. The molecule has 1 atom stereocenters. The molecule has 0 aliphatic carbocycles. The number of amides is 2. The third-order valence-electron chi connectivity index (χ3n) is 4.97. The summed E-state index contributed by atoms with van der Waals surface area (Å²) in [5.41, 5.74) is 6.16. The molecule has 8 nitrogen and oxygen atoms in total. The maximum absolute atomic E-state index is 12.7. The summed E-state index contributed by atoms with van der Waals surface area (Å²) in [5.74, 6) is -0.469. The summed E-state index contributed by atoms with van der Waals surface area (Å²) in [7, 11) is 0. The van der Waals surface area contributed by atoms with Crippen molar-refractivity contribution in [2.75, 3.05) is 0 Å². The third-order valence-corrected chi connectivity index (χ3v) is 4.97. The van der Waals surface area contributed by atoms with E-state index >= 15 is 0 Å². The number of alkyl carbamates (subject to hydrolysis) is 1. The van der Waals surface area contributed by atoms with Crippen molar-refractivity contribution in [2.24, 2.45) is 5.10 Å². The van der Waals surface area contributed by atoms with E-state index in [0.717, 1.165) is 11.1 Å². The molecule has 1 heterocycles. The Morgan fingerprint density at radius 2 is 1.85 bits per heavy atom. The van der Waals surface area contributed by atoms with E-state index in [1.54, 1.807) is 12.4 Å². The van der Waals surface area contributed by atoms with Crippen LogP contribution in [0.4, 0.5) is 4.79 Å². The molecule has 8 heteroatoms. The highest BCUT2D eigenvalue weighted by molar-refractivity contribution is 5.87. The third kappa shape index (κ3) is 7.60. The molecule has 172 valence electrons. The Balaban J connectivity index is 1.59. The number of carbonyl (C=O) groups is 2. The Labute approximate surface area is 193 Å². The lowest BCUT2D eigenvalue weighted by Crippen LogP contribution is -2.47. The van der Waals surface area contributed by atoms with Gasteiger partial charge in [0.25, 0.3) is 5.91 Å². The molecule has 2 amide bonds. The monoisotopic (exact) mass is 447 g/mol. The van der Waals surface area contributed by atoms with Crippen molar-refractivity contribution < 1.29 is 14.3 Å². The molecular weight excluding hydrogens is 418 g/mol. The van der Waals surface area contributed by atoms with Crippen molar-refractivity contribution in [2.45, 2.75) is 45.3 Å². The van der Waals surface area contributed by atoms with Crippen LogP contribution in [0.2, 0.25) is 0 Å². The SMILES string of the molecule is CC(C)(C)c1ccc(/C=N\NC(=O)[C@@H](Cc2cnc[nH]2)NC(=O)OCc2ccccc2)cc1. The molecule has 0 saturated carbocycles. The van der Waals surface area contributed by atoms with Crippen LogP contribution in [0.5, 0.6) is 0 Å². The molecule has 3 rings (SSSR count). The Bertz CT molecular complexity index is 1060. The Morgan fingerprint density at radius 3 is 2.48 bits per heavy atom. The fourth-order valence-electron chi connectivity index (χ4n) is 3.05. The molecule has 0 unspecified atom stereocenters. The lowest BCUT2D eigenvalue weighted by atomic mass is 9.87. The van der Waals surface area contributed by atoms with Gasteiger partial charge in [0.2, 0.25) is 0 Å². The predicted octanol–water partition coefficient (Wildman–Crippen LogP) is 3.70. The van der Waals surface area contributed by atoms with Crippen LogP contribution >= 0.6 is 0 Å². The fourth-order valence-corrected chi connectivity index (χ4v) is 3.05. The number of ether oxygens (including phenoxy) is 1. The van der Waals surface area contributed by atoms with E-state index in [1.165, 1.54) is 11.9 Å². The summed E-state index contributed by atoms with van der Waals surface area (Å²) in [4.78, 5) is 31.9. The summed E-state index contributed by atoms with van der Waals surface area (Å²) in [6, 6.07) is 16.4. The van der Waals surface area contributed by atoms with Gasteiger partial charge in [0.1, 0.15) is 12.6 Å². The van der Waals surface area contributed by atoms with E-state index in [4.69, 9.17) is 4.74 Å². The molecule has 3 N–H and O–H groups in total. The predicted molar refractivity (Wildman–Crippen MR) is 127 cm³/mol. The summed E-state index contributed by atoms with van der Waals surface area (Å²) in [6.07, 6.45) is 4.18. The number of rotatable bonds is 8. The van der Waals surface area contributed by atoms with Crippen LogP contribution in [-0.2, 0) is 28.0 Å². The molecule has 0 aliphatic heterocycles. The van der Waals surface area contributed by atoms with Crippen molar-refractivity contribution in [3.63, 3.8) is 0 Å². The molecule has 0 spiro atoms. The van der Waals surface area contributed by atoms with Crippen LogP contribution in [0.25, 0.3) is 0 Å². The first-order valence-electron chi connectivity index (χ1n) is 10.7. The van der Waals surface area contributed by atoms with Gasteiger partial charge < -0.3 is 15.0 Å². The second-order valence-electron chi connectivity index (χ2n) is 8.65. The largest absolute Gasteiger partial charge is 0.445 e. The van der Waals surface area contributed by atoms with Crippen LogP contribution < -0.4 is 10.7 Å². The number of hydrogen-bond acceptors (Lipinski definition) is 5. The lowest BCUT2D eigenvalue weighted by Gasteiger charge is -2.18. The second kappa shape index (κ2) is 11.1. The minimum absolute atomic E-state index is 0.0601. The molecular formula is C25H29N5O3. The standard InChI is InChI=1S/C25H29N5O3/c1-25(2,3)20-11-9-18(10-12-20)14-28-30-23(31)22(13-21-15-26-17-27-21)29-24(32)33-16-19-7-5-4-6-8-19/h4-12,14-15,17,22H,13,16H2,1-3H3,(H,26,27)(H,29,32)(H,30,31)/b28-14-/t22-/m1/s1. The van der Waals surface area contributed by atoms with Gasteiger partial charge in [0, 0.05) is 18.3 Å². The van der Waals surface area contributed by atoms with Gasteiger partial charge in [-0.25, -0.2) is 15.2 Å². The van der Waals surface area contributed by atoms with Crippen molar-refractivity contribution in [3.8, 4) is 0 Å². The molecule has 33 heavy (non-hydrogen) atoms. The number of H-pyrrole nitrogens is 1. The maximum atomic E-state index is 12.7. The zero-order valence-electron chi connectivity index (χ0n) is 19.0. The van der Waals surface area contributed by atoms with E-state index < -0.39 is 18.0 Å². The Morgan fingerprint density at radius 1 is 1.12 bits per heavy atom. The van der Waals surface area contributed by atoms with Gasteiger partial charge in [-0.1, -0.05) is 75.4 Å². The van der Waals surface area contributed by atoms with Gasteiger partial charge >= 0.3 is 6.09 Å². The highest BCUT2D eigenvalue weighted by Crippen LogP contribution is 2.21. The van der Waals surface area contributed by atoms with E-state index in [0.29, 0.717) is 5.69 Å². The topological polar surface area (TPSA) is 108 Å². The highest BCUT2D eigenvalue weighted by Gasteiger charge is 2.22. The first-order chi connectivity index (χ1) is 15.8. The zero-order chi connectivity index (χ0) is 23.7. The van der Waals surface area contributed by atoms with Gasteiger partial charge in [-0.2, -0.15) is 5.10 Å². The zero-order valence-corrected chi connectivity index (χ0v) is 19.0. The first-order valence-corrected chi connectivity index (χ1v) is 10.7. The van der Waals surface area contributed by atoms with Crippen LogP contribution in [0.1, 0.15) is 43.2 Å². The van der Waals surface area contributed by atoms with Gasteiger partial charge in [-0.15, -0.1) is 0 Å². The number of nitrogens with one attached hydrogen (secondary N) is 3. The smallest absolute Gasteiger partial charge is 0.408 e. The quantitative estimate of drug-likeness (QED) is 0.361. The normalized spacial score (nSPS) is 12.3. The van der Waals surface area contributed by atoms with Gasteiger partial charge in [-0.3, -0.25) is 4.79 Å². The van der Waals surface area contributed by atoms with Gasteiger partial charge in [0.05, 0.1) is 12.5 Å². The lowest BCUT2D eigenvalue weighted by molar-refractivity contribution is -0.123. The summed E-state index contributed by atoms with van der Waals surface area (Å²) in [6.45, 7) is 6.55. The molecule has 2 aromatic carbocycles. The number of hydrazone groups is 1. The number of aromatic nitrogens is 2. The van der Waals surface area contributed by atoms with Crippen LogP contribution in [-0.4, -0.2) is 34.2 Å². The molecule has 0 fully saturated rings. The van der Waals surface area contributed by atoms with Crippen molar-refractivity contribution in [1.82, 2.24) is 20.7 Å². The van der Waals surface area contributed by atoms with Crippen molar-refractivity contribution in [3.05, 3.63) is 89.5 Å². The number of hydrogen-bond donors (Lipinski definition) is 3. The van der Waals surface area contributed by atoms with Gasteiger partial charge in [-0.05, 0) is 22.1 Å². The minimum Gasteiger partial charge on any atom is -0.445 e. The number of nitrogens with zero attached hydrogens (tertiary/aromatic N) is 2. The van der Waals surface area contributed by atoms with E-state index in [2.05, 4.69) is 46.6 Å². The van der Waals surface area contributed by atoms with Crippen LogP contribution in [0.3, 0.4) is 0 Å². The van der Waals surface area contributed by atoms with E-state index in [1.807, 2.05) is 54.6 Å². The summed E-state index contributed by atoms with van der Waals surface area (Å²) >= 11 is 0. The minimum atomic E-state index is -0.894. The summed E-state index contributed by atoms with van der Waals surface area (Å²) in [5, 5.41) is 6.65. The fraction of sp³-hybridized carbons (Fsp3) is 0.280. The number of imidazole rings is 1. The average Bonchev–Trinajstić information content (AvgIpc) is 3.31. The molecule has 0 aliphatic rings. The van der Waals surface area contributed by atoms with Crippen molar-refractivity contribution in [1.29, 1.82) is 0 Å². The average molecular weight is 448 g/mol. The first kappa shape index (κ1) is 23.7. The Kier molecular flexibility index (Phi) is 7.96. The maximum Gasteiger partial charge on any atom is 0.408 e. The number of carbonyl (C=O) groups excluding carboxylic acids is 2. The van der Waals surface area contributed by atoms with Crippen LogP contribution in [0, 0.1) is 0 Å². The second-order valence-corrected chi connectivity index (χ2v) is 8.65. The van der Waals surface area contributed by atoms with Crippen LogP contribution in [0.15, 0.2) is 72.2 Å². The number of benzene rings is 2. The molecule has 3 aromatic rings. The van der Waals surface area contributed by atoms with E-state index in [9.17, 15) is 9.59 Å². The number of aromatic amines is 1. The molecule has 1 aromatic heterocycles. The van der Waals surface area contributed by atoms with E-state index in [-0.39, 0.29) is 18.4 Å².